The van der Waals surface area contributed by atoms with E-state index in [1.165, 1.54) is 5.56 Å². The third-order valence-electron chi connectivity index (χ3n) is 4.36. The van der Waals surface area contributed by atoms with Gasteiger partial charge in [0.1, 0.15) is 5.75 Å². The normalized spacial score (nSPS) is 13.2. The highest BCUT2D eigenvalue weighted by Crippen LogP contribution is 2.27. The molecule has 3 heteroatoms. The molecule has 1 N–H and O–H groups in total. The molecular formula is C21H27NO2. The summed E-state index contributed by atoms with van der Waals surface area (Å²) in [5.74, 6) is 1.02. The molecule has 2 rings (SSSR count). The number of carbonyl (C=O) groups excluding carboxylic acids is 1. The van der Waals surface area contributed by atoms with E-state index >= 15 is 0 Å². The summed E-state index contributed by atoms with van der Waals surface area (Å²) in [6.45, 7) is 8.42. The van der Waals surface area contributed by atoms with Crippen molar-refractivity contribution in [2.45, 2.75) is 52.6 Å². The second kappa shape index (κ2) is 8.53. The van der Waals surface area contributed by atoms with Crippen LogP contribution in [-0.4, -0.2) is 12.0 Å². The maximum absolute atomic E-state index is 12.6. The van der Waals surface area contributed by atoms with Gasteiger partial charge in [-0.25, -0.2) is 0 Å². The fraction of sp³-hybridized carbons (Fsp3) is 0.381. The summed E-state index contributed by atoms with van der Waals surface area (Å²) in [7, 11) is 0. The van der Waals surface area contributed by atoms with Gasteiger partial charge < -0.3 is 10.1 Å². The third-order valence-corrected chi connectivity index (χ3v) is 4.36. The van der Waals surface area contributed by atoms with Crippen LogP contribution < -0.4 is 10.1 Å². The molecule has 0 aliphatic carbocycles. The molecule has 0 bridgehead atoms. The van der Waals surface area contributed by atoms with Crippen molar-refractivity contribution >= 4 is 11.6 Å². The van der Waals surface area contributed by atoms with Crippen LogP contribution in [0.15, 0.2) is 48.5 Å². The first-order chi connectivity index (χ1) is 11.5. The van der Waals surface area contributed by atoms with Gasteiger partial charge in [0, 0.05) is 11.3 Å². The van der Waals surface area contributed by atoms with E-state index in [4.69, 9.17) is 4.74 Å². The van der Waals surface area contributed by atoms with E-state index in [9.17, 15) is 4.79 Å². The lowest BCUT2D eigenvalue weighted by molar-refractivity contribution is 0.102. The number of hydrogen-bond donors (Lipinski definition) is 1. The second-order valence-electron chi connectivity index (χ2n) is 6.22. The molecule has 0 saturated carbocycles. The van der Waals surface area contributed by atoms with Crippen LogP contribution in [0.5, 0.6) is 5.75 Å². The first-order valence-corrected chi connectivity index (χ1v) is 8.72. The SMILES string of the molecule is CC[C@@H](C)Oc1cccc(C(=O)Nc2ccccc2[C@@H](C)CC)c1. The molecule has 0 heterocycles. The van der Waals surface area contributed by atoms with Gasteiger partial charge in [0.2, 0.25) is 0 Å². The van der Waals surface area contributed by atoms with Crippen LogP contribution in [0.1, 0.15) is 62.4 Å². The number of carbonyl (C=O) groups is 1. The number of anilines is 1. The Balaban J connectivity index is 2.17. The first kappa shape index (κ1) is 18.1. The summed E-state index contributed by atoms with van der Waals surface area (Å²) in [6, 6.07) is 15.3. The Morgan fingerprint density at radius 3 is 2.50 bits per heavy atom. The van der Waals surface area contributed by atoms with Crippen LogP contribution in [0.3, 0.4) is 0 Å². The Morgan fingerprint density at radius 1 is 1.04 bits per heavy atom. The zero-order chi connectivity index (χ0) is 17.5. The van der Waals surface area contributed by atoms with E-state index in [0.29, 0.717) is 11.5 Å². The molecule has 2 aromatic carbocycles. The molecule has 0 spiro atoms. The Labute approximate surface area is 145 Å². The Morgan fingerprint density at radius 2 is 1.79 bits per heavy atom. The van der Waals surface area contributed by atoms with Crippen LogP contribution in [-0.2, 0) is 0 Å². The molecular weight excluding hydrogens is 298 g/mol. The molecule has 0 aliphatic rings. The molecule has 1 amide bonds. The highest BCUT2D eigenvalue weighted by molar-refractivity contribution is 6.04. The maximum Gasteiger partial charge on any atom is 0.255 e. The van der Waals surface area contributed by atoms with Gasteiger partial charge in [-0.1, -0.05) is 45.0 Å². The zero-order valence-electron chi connectivity index (χ0n) is 15.0. The van der Waals surface area contributed by atoms with Crippen molar-refractivity contribution in [1.82, 2.24) is 0 Å². The number of amides is 1. The Kier molecular flexibility index (Phi) is 6.42. The van der Waals surface area contributed by atoms with Gasteiger partial charge >= 0.3 is 0 Å². The van der Waals surface area contributed by atoms with Crippen molar-refractivity contribution in [1.29, 1.82) is 0 Å². The highest BCUT2D eigenvalue weighted by Gasteiger charge is 2.13. The van der Waals surface area contributed by atoms with Crippen molar-refractivity contribution in [2.75, 3.05) is 5.32 Å². The van der Waals surface area contributed by atoms with Crippen LogP contribution in [0.4, 0.5) is 5.69 Å². The van der Waals surface area contributed by atoms with Crippen molar-refractivity contribution < 1.29 is 9.53 Å². The second-order valence-corrected chi connectivity index (χ2v) is 6.22. The minimum absolute atomic E-state index is 0.111. The molecule has 0 fully saturated rings. The summed E-state index contributed by atoms with van der Waals surface area (Å²) < 4.78 is 5.80. The molecule has 0 saturated heterocycles. The van der Waals surface area contributed by atoms with E-state index in [-0.39, 0.29) is 12.0 Å². The van der Waals surface area contributed by atoms with Gasteiger partial charge in [-0.3, -0.25) is 4.79 Å². The van der Waals surface area contributed by atoms with Crippen molar-refractivity contribution in [2.24, 2.45) is 0 Å². The van der Waals surface area contributed by atoms with E-state index in [0.717, 1.165) is 24.3 Å². The van der Waals surface area contributed by atoms with E-state index in [1.54, 1.807) is 6.07 Å². The summed E-state index contributed by atoms with van der Waals surface area (Å²) >= 11 is 0. The predicted molar refractivity (Wildman–Crippen MR) is 99.9 cm³/mol. The molecule has 0 aromatic heterocycles. The number of rotatable bonds is 7. The first-order valence-electron chi connectivity index (χ1n) is 8.72. The third kappa shape index (κ3) is 4.60. The largest absolute Gasteiger partial charge is 0.491 e. The molecule has 0 aliphatic heterocycles. The Hall–Kier alpha value is -2.29. The van der Waals surface area contributed by atoms with Gasteiger partial charge in [0.05, 0.1) is 6.10 Å². The number of benzene rings is 2. The van der Waals surface area contributed by atoms with E-state index < -0.39 is 0 Å². The summed E-state index contributed by atoms with van der Waals surface area (Å²) in [5.41, 5.74) is 2.65. The summed E-state index contributed by atoms with van der Waals surface area (Å²) in [4.78, 5) is 12.6. The molecule has 128 valence electrons. The van der Waals surface area contributed by atoms with Crippen LogP contribution in [0.25, 0.3) is 0 Å². The Bertz CT molecular complexity index is 681. The van der Waals surface area contributed by atoms with Crippen molar-refractivity contribution in [3.63, 3.8) is 0 Å². The standard InChI is InChI=1S/C21H27NO2/c1-5-15(3)19-12-7-8-13-20(19)22-21(23)17-10-9-11-18(14-17)24-16(4)6-2/h7-16H,5-6H2,1-4H3,(H,22,23)/t15-,16+/m0/s1. The van der Waals surface area contributed by atoms with E-state index in [1.807, 2.05) is 43.3 Å². The monoisotopic (exact) mass is 325 g/mol. The number of nitrogens with one attached hydrogen (secondary N) is 1. The predicted octanol–water partition coefficient (Wildman–Crippen LogP) is 5.63. The number of para-hydroxylation sites is 1. The fourth-order valence-electron chi connectivity index (χ4n) is 2.48. The summed E-state index contributed by atoms with van der Waals surface area (Å²) in [6.07, 6.45) is 2.10. The smallest absolute Gasteiger partial charge is 0.255 e. The average molecular weight is 325 g/mol. The average Bonchev–Trinajstić information content (AvgIpc) is 2.61. The van der Waals surface area contributed by atoms with Gasteiger partial charge in [0.15, 0.2) is 0 Å². The molecule has 0 unspecified atom stereocenters. The lowest BCUT2D eigenvalue weighted by Gasteiger charge is -2.16. The van der Waals surface area contributed by atoms with Gasteiger partial charge in [-0.05, 0) is 55.5 Å². The molecule has 2 aromatic rings. The lowest BCUT2D eigenvalue weighted by atomic mass is 9.97. The van der Waals surface area contributed by atoms with Crippen molar-refractivity contribution in [3.05, 3.63) is 59.7 Å². The van der Waals surface area contributed by atoms with Crippen LogP contribution in [0, 0.1) is 0 Å². The van der Waals surface area contributed by atoms with Crippen molar-refractivity contribution in [3.8, 4) is 5.75 Å². The topological polar surface area (TPSA) is 38.3 Å². The number of hydrogen-bond acceptors (Lipinski definition) is 2. The van der Waals surface area contributed by atoms with Crippen LogP contribution >= 0.6 is 0 Å². The molecule has 24 heavy (non-hydrogen) atoms. The number of ether oxygens (including phenoxy) is 1. The molecule has 0 radical (unpaired) electrons. The lowest BCUT2D eigenvalue weighted by Crippen LogP contribution is -2.15. The fourth-order valence-corrected chi connectivity index (χ4v) is 2.48. The summed E-state index contributed by atoms with van der Waals surface area (Å²) in [5, 5.41) is 3.04. The molecule has 3 nitrogen and oxygen atoms in total. The molecule has 2 atom stereocenters. The maximum atomic E-state index is 12.6. The quantitative estimate of drug-likeness (QED) is 0.716. The van der Waals surface area contributed by atoms with E-state index in [2.05, 4.69) is 32.2 Å². The van der Waals surface area contributed by atoms with Gasteiger partial charge in [0.25, 0.3) is 5.91 Å². The highest BCUT2D eigenvalue weighted by atomic mass is 16.5. The zero-order valence-corrected chi connectivity index (χ0v) is 15.0. The van der Waals surface area contributed by atoms with Crippen LogP contribution in [0.2, 0.25) is 0 Å². The van der Waals surface area contributed by atoms with Gasteiger partial charge in [-0.15, -0.1) is 0 Å². The minimum atomic E-state index is -0.111. The minimum Gasteiger partial charge on any atom is -0.491 e. The van der Waals surface area contributed by atoms with Gasteiger partial charge in [-0.2, -0.15) is 0 Å².